The number of nitrogens with zero attached hydrogens (tertiary/aromatic N) is 5. The highest BCUT2D eigenvalue weighted by Gasteiger charge is 2.33. The van der Waals surface area contributed by atoms with Crippen LogP contribution in [0.15, 0.2) is 59.5 Å². The third-order valence-corrected chi connectivity index (χ3v) is 7.87. The molecule has 12 heteroatoms. The lowest BCUT2D eigenvalue weighted by Gasteiger charge is -2.37. The first kappa shape index (κ1) is 27.1. The van der Waals surface area contributed by atoms with E-state index >= 15 is 0 Å². The lowest BCUT2D eigenvalue weighted by atomic mass is 10.1. The average Bonchev–Trinajstić information content (AvgIpc) is 3.24. The smallest absolute Gasteiger partial charge is 0.284 e. The Balaban J connectivity index is 1.54. The number of fused-ring (bicyclic) bond motifs is 2. The number of morpholine rings is 1. The number of aromatic nitrogens is 3. The Morgan fingerprint density at radius 2 is 2.10 bits per heavy atom. The van der Waals surface area contributed by atoms with Gasteiger partial charge in [-0.2, -0.15) is 5.10 Å². The highest BCUT2D eigenvalue weighted by Crippen LogP contribution is 2.38. The van der Waals surface area contributed by atoms with Crippen LogP contribution in [0.5, 0.6) is 5.75 Å². The van der Waals surface area contributed by atoms with Crippen molar-refractivity contribution in [2.75, 3.05) is 20.2 Å². The van der Waals surface area contributed by atoms with Gasteiger partial charge in [-0.25, -0.2) is 14.0 Å². The molecule has 0 unspecified atom stereocenters. The number of hydrogen-bond donors (Lipinski definition) is 0. The summed E-state index contributed by atoms with van der Waals surface area (Å²) in [6.07, 6.45) is 2.93. The van der Waals surface area contributed by atoms with E-state index in [2.05, 4.69) is 0 Å². The molecule has 5 rings (SSSR count). The van der Waals surface area contributed by atoms with Gasteiger partial charge in [0.15, 0.2) is 17.7 Å². The maximum absolute atomic E-state index is 11.6. The number of ether oxygens (including phenoxy) is 2. The fourth-order valence-electron chi connectivity index (χ4n) is 4.60. The number of pyridine rings is 1. The van der Waals surface area contributed by atoms with Crippen molar-refractivity contribution in [3.05, 3.63) is 75.4 Å². The normalized spacial score (nSPS) is 18.3. The predicted octanol–water partition coefficient (Wildman–Crippen LogP) is 5.91. The van der Waals surface area contributed by atoms with Crippen molar-refractivity contribution in [1.29, 1.82) is 0 Å². The molecule has 0 spiro atoms. The second-order valence-corrected chi connectivity index (χ2v) is 10.7. The Hall–Kier alpha value is -3.51. The molecular weight excluding hydrogens is 542 g/mol. The summed E-state index contributed by atoms with van der Waals surface area (Å²) in [5.41, 5.74) is 2.01. The van der Waals surface area contributed by atoms with E-state index in [-0.39, 0.29) is 22.5 Å². The number of methoxy groups -OCH3 is 1. The minimum atomic E-state index is -0.555. The van der Waals surface area contributed by atoms with Crippen LogP contribution in [0.2, 0.25) is 5.02 Å². The Kier molecular flexibility index (Phi) is 7.85. The first-order valence-corrected chi connectivity index (χ1v) is 13.4. The van der Waals surface area contributed by atoms with Crippen LogP contribution in [-0.4, -0.2) is 56.1 Å². The number of ketones is 1. The third-order valence-electron chi connectivity index (χ3n) is 6.38. The fraction of sp³-hybridized carbons (Fsp3) is 0.296. The number of carbonyl (C=O) groups excluding carboxylic acids is 1. The molecule has 2 aromatic heterocycles. The summed E-state index contributed by atoms with van der Waals surface area (Å²) in [5, 5.41) is 18.4. The fourth-order valence-corrected chi connectivity index (χ4v) is 6.07. The Morgan fingerprint density at radius 3 is 2.85 bits per heavy atom. The topological polar surface area (TPSA) is 113 Å². The minimum Gasteiger partial charge on any atom is -0.497 e. The van der Waals surface area contributed by atoms with Crippen LogP contribution >= 0.6 is 23.5 Å². The monoisotopic (exact) mass is 567 g/mol. The van der Waals surface area contributed by atoms with Gasteiger partial charge in [-0.15, -0.1) is 0 Å². The highest BCUT2D eigenvalue weighted by atomic mass is 35.5. The molecule has 39 heavy (non-hydrogen) atoms. The Bertz CT molecular complexity index is 1610. The number of para-hydroxylation sites is 1. The highest BCUT2D eigenvalue weighted by molar-refractivity contribution is 7.97. The molecule has 0 aliphatic carbocycles. The second-order valence-electron chi connectivity index (χ2n) is 9.16. The largest absolute Gasteiger partial charge is 0.497 e. The number of halogens is 1. The van der Waals surface area contributed by atoms with Gasteiger partial charge < -0.3 is 9.47 Å². The van der Waals surface area contributed by atoms with Crippen LogP contribution in [0.3, 0.4) is 0 Å². The van der Waals surface area contributed by atoms with Gasteiger partial charge in [0.05, 0.1) is 46.3 Å². The number of benzene rings is 2. The van der Waals surface area contributed by atoms with E-state index in [4.69, 9.17) is 31.2 Å². The minimum absolute atomic E-state index is 0.0364. The molecule has 0 radical (unpaired) electrons. The zero-order chi connectivity index (χ0) is 27.7. The lowest BCUT2D eigenvalue weighted by Crippen LogP contribution is -2.42. The zero-order valence-electron chi connectivity index (χ0n) is 21.5. The number of nitro groups is 1. The molecule has 0 amide bonds. The number of carbonyl (C=O) groups is 1. The van der Waals surface area contributed by atoms with Gasteiger partial charge in [-0.3, -0.25) is 14.9 Å². The molecule has 202 valence electrons. The molecule has 4 aromatic rings. The van der Waals surface area contributed by atoms with Crippen molar-refractivity contribution in [2.45, 2.75) is 37.5 Å². The summed E-state index contributed by atoms with van der Waals surface area (Å²) < 4.78 is 15.6. The number of rotatable bonds is 8. The number of allylic oxidation sites excluding steroid dienone is 1. The summed E-state index contributed by atoms with van der Waals surface area (Å²) in [6, 6.07) is 12.2. The molecule has 10 nitrogen and oxygen atoms in total. The molecule has 2 atom stereocenters. The number of nitro benzene ring substituents is 1. The molecule has 0 N–H and O–H groups in total. The van der Waals surface area contributed by atoms with Crippen molar-refractivity contribution in [1.82, 2.24) is 19.1 Å². The van der Waals surface area contributed by atoms with Gasteiger partial charge in [0.25, 0.3) is 5.69 Å². The van der Waals surface area contributed by atoms with E-state index in [1.54, 1.807) is 36.1 Å². The van der Waals surface area contributed by atoms with Crippen LogP contribution in [0.25, 0.3) is 21.9 Å². The third kappa shape index (κ3) is 5.62. The van der Waals surface area contributed by atoms with Crippen molar-refractivity contribution in [2.24, 2.45) is 0 Å². The van der Waals surface area contributed by atoms with Crippen LogP contribution in [0, 0.1) is 17.0 Å². The number of aryl methyl sites for hydroxylation is 1. The summed E-state index contributed by atoms with van der Waals surface area (Å²) in [5.74, 6) is 0.625. The first-order chi connectivity index (χ1) is 18.7. The molecule has 3 heterocycles. The van der Waals surface area contributed by atoms with E-state index in [1.165, 1.54) is 31.0 Å². The molecule has 1 saturated heterocycles. The van der Waals surface area contributed by atoms with Gasteiger partial charge in [0.2, 0.25) is 0 Å². The van der Waals surface area contributed by atoms with E-state index in [0.717, 1.165) is 10.8 Å². The van der Waals surface area contributed by atoms with Gasteiger partial charge in [0.1, 0.15) is 10.6 Å². The van der Waals surface area contributed by atoms with Crippen LogP contribution < -0.4 is 4.74 Å². The van der Waals surface area contributed by atoms with Gasteiger partial charge >= 0.3 is 0 Å². The SMILES string of the molecule is COc1ccc2nc3c(c(C)nn3[C@H]3CN(Sc4ccccc4[N+](=O)[O-])C[C@@H](C/C=C/C(C)=O)O3)c(Cl)c2c1. The van der Waals surface area contributed by atoms with E-state index in [1.807, 2.05) is 29.4 Å². The quantitative estimate of drug-likeness (QED) is 0.111. The van der Waals surface area contributed by atoms with Crippen LogP contribution in [-0.2, 0) is 9.53 Å². The molecular formula is C27H26ClN5O5S. The predicted molar refractivity (Wildman–Crippen MR) is 150 cm³/mol. The van der Waals surface area contributed by atoms with E-state index in [0.29, 0.717) is 52.0 Å². The maximum Gasteiger partial charge on any atom is 0.284 e. The number of hydrogen-bond acceptors (Lipinski definition) is 9. The zero-order valence-corrected chi connectivity index (χ0v) is 23.1. The molecule has 0 bridgehead atoms. The Morgan fingerprint density at radius 1 is 1.31 bits per heavy atom. The van der Waals surface area contributed by atoms with Crippen molar-refractivity contribution in [3.8, 4) is 5.75 Å². The van der Waals surface area contributed by atoms with Crippen LogP contribution in [0.1, 0.15) is 25.3 Å². The van der Waals surface area contributed by atoms with Crippen LogP contribution in [0.4, 0.5) is 5.69 Å². The van der Waals surface area contributed by atoms with E-state index < -0.39 is 6.23 Å². The summed E-state index contributed by atoms with van der Waals surface area (Å²) in [7, 11) is 1.60. The second kappa shape index (κ2) is 11.3. The molecule has 1 aliphatic rings. The lowest BCUT2D eigenvalue weighted by molar-refractivity contribution is -0.387. The van der Waals surface area contributed by atoms with Crippen molar-refractivity contribution < 1.29 is 19.2 Å². The van der Waals surface area contributed by atoms with Gasteiger partial charge in [-0.05, 0) is 62.6 Å². The average molecular weight is 568 g/mol. The summed E-state index contributed by atoms with van der Waals surface area (Å²) >= 11 is 8.16. The van der Waals surface area contributed by atoms with Crippen molar-refractivity contribution >= 4 is 57.0 Å². The molecule has 0 saturated carbocycles. The summed E-state index contributed by atoms with van der Waals surface area (Å²) in [6.45, 7) is 4.24. The standard InChI is InChI=1S/C27H26ClN5O5S/c1-16(34)7-6-8-19-14-31(39-23-10-5-4-9-22(23)33(35)36)15-24(38-19)32-27-25(17(2)30-32)26(28)20-13-18(37-3)11-12-21(20)29-27/h4-7,9-13,19,24H,8,14-15H2,1-3H3/b7-6+/t19-,24-/m1/s1. The van der Waals surface area contributed by atoms with Gasteiger partial charge in [-0.1, -0.05) is 29.8 Å². The van der Waals surface area contributed by atoms with Crippen molar-refractivity contribution in [3.63, 3.8) is 0 Å². The van der Waals surface area contributed by atoms with E-state index in [9.17, 15) is 14.9 Å². The maximum atomic E-state index is 11.6. The molecule has 1 aliphatic heterocycles. The Labute approximate surface area is 233 Å². The first-order valence-electron chi connectivity index (χ1n) is 12.3. The molecule has 2 aromatic carbocycles. The molecule has 1 fully saturated rings. The summed E-state index contributed by atoms with van der Waals surface area (Å²) in [4.78, 5) is 28.1. The van der Waals surface area contributed by atoms with Gasteiger partial charge in [0, 0.05) is 18.0 Å².